The third-order valence-electron chi connectivity index (χ3n) is 14.1. The normalized spacial score (nSPS) is 13.3. The lowest BCUT2D eigenvalue weighted by atomic mass is 9.77. The number of carbonyl (C=O) groups is 3. The van der Waals surface area contributed by atoms with Gasteiger partial charge in [0.15, 0.2) is 34.3 Å². The molecular formula is C66H50Cl2F16N4O6S. The number of rotatable bonds is 17. The van der Waals surface area contributed by atoms with Gasteiger partial charge < -0.3 is 25.8 Å². The first kappa shape index (κ1) is 74.9. The molecule has 0 saturated carbocycles. The van der Waals surface area contributed by atoms with Crippen LogP contribution in [0.3, 0.4) is 0 Å². The third-order valence-corrected chi connectivity index (χ3v) is 14.1. The molecule has 8 aromatic carbocycles. The van der Waals surface area contributed by atoms with E-state index in [9.17, 15) is 85.5 Å². The van der Waals surface area contributed by atoms with E-state index in [4.69, 9.17) is 19.4 Å². The summed E-state index contributed by atoms with van der Waals surface area (Å²) >= 11 is 0. The van der Waals surface area contributed by atoms with Crippen LogP contribution in [-0.4, -0.2) is 33.1 Å². The number of alkyl halides is 12. The summed E-state index contributed by atoms with van der Waals surface area (Å²) in [5.41, 5.74) is -8.96. The van der Waals surface area contributed by atoms with Gasteiger partial charge >= 0.3 is 24.7 Å². The smallest absolute Gasteiger partial charge is 0.416 e. The molecule has 0 heterocycles. The Balaban J connectivity index is 0.000000285. The number of amides is 3. The Kier molecular flexibility index (Phi) is 23.4. The first-order valence-corrected chi connectivity index (χ1v) is 30.1. The zero-order valence-electron chi connectivity index (χ0n) is 49.4. The van der Waals surface area contributed by atoms with Crippen LogP contribution < -0.4 is 25.8 Å². The number of nitrogens with two attached hydrogens (primary N) is 1. The maximum Gasteiger partial charge on any atom is 0.416 e. The molecule has 8 rings (SSSR count). The molecule has 10 nitrogen and oxygen atoms in total. The van der Waals surface area contributed by atoms with Crippen LogP contribution >= 0.6 is 21.4 Å². The van der Waals surface area contributed by atoms with Gasteiger partial charge in [0.2, 0.25) is 9.23 Å². The van der Waals surface area contributed by atoms with Crippen LogP contribution in [0.4, 0.5) is 70.2 Å². The molecule has 502 valence electrons. The standard InChI is InChI=1S/C33H26F8N2O3.C33H24F8N2O2.Cl2OS/c1-30(2,29(42)45)46-27-17-21(11-12-26(27)35)31(18-19-7-4-3-5-8-19,23-14-24(33(39,40)41)16-25(34)15-23)43-28(44)20-9-6-10-22(13-20)32(36,37)38;1-30(2,19-42)45-28-17-22(11-12-27(28)35)31(18-20-7-4-3-5-8-20,24-14-25(33(39,40)41)16-26(34)15-24)43-29(44)21-9-6-10-23(13-21)32(36,37)38;1-4(2)3/h3-17H,18H2,1-2H3,(H2,42,45)(H,43,44);3-17H,18H2,1-2H3,(H,43,44);/t2*31-;/m11./s1. The van der Waals surface area contributed by atoms with Crippen molar-refractivity contribution in [2.45, 2.75) is 87.5 Å². The van der Waals surface area contributed by atoms with Crippen molar-refractivity contribution in [3.05, 3.63) is 272 Å². The number of primary amides is 1. The fraction of sp³-hybridized carbons (Fsp3) is 0.212. The number of nitrogens with one attached hydrogen (secondary N) is 2. The van der Waals surface area contributed by atoms with Crippen LogP contribution in [0.1, 0.15) is 104 Å². The van der Waals surface area contributed by atoms with Crippen molar-refractivity contribution in [2.75, 3.05) is 0 Å². The van der Waals surface area contributed by atoms with Gasteiger partial charge in [-0.15, -0.1) is 0 Å². The van der Waals surface area contributed by atoms with E-state index in [1.807, 2.05) is 6.07 Å². The minimum atomic E-state index is -5.05. The second kappa shape index (κ2) is 29.7. The van der Waals surface area contributed by atoms with Crippen molar-refractivity contribution >= 4 is 48.3 Å². The Bertz CT molecular complexity index is 4150. The summed E-state index contributed by atoms with van der Waals surface area (Å²) in [7, 11) is 7.36. The van der Waals surface area contributed by atoms with E-state index >= 15 is 4.39 Å². The molecule has 0 aromatic heterocycles. The maximum absolute atomic E-state index is 15.1. The van der Waals surface area contributed by atoms with E-state index in [1.165, 1.54) is 27.7 Å². The molecule has 0 aliphatic heterocycles. The maximum atomic E-state index is 15.1. The SMILES string of the molecule is CC(C)(C#N)Oc1cc([C@@](Cc2ccccc2)(NC(=O)c2cccc(C(F)(F)F)c2)c2cc(F)cc(C(F)(F)F)c2)ccc1F.CC(C)(Oc1cc([C@@](Cc2ccccc2)(NC(=O)c2cccc(C(F)(F)F)c2)c2cc(F)cc(C(F)(F)F)c2)ccc1F)C(N)=O.O=S(Cl)Cl. The van der Waals surface area contributed by atoms with Crippen molar-refractivity contribution in [3.8, 4) is 17.6 Å². The molecule has 29 heteroatoms. The van der Waals surface area contributed by atoms with E-state index in [-0.39, 0.29) is 29.7 Å². The van der Waals surface area contributed by atoms with Gasteiger partial charge in [-0.2, -0.15) is 57.9 Å². The van der Waals surface area contributed by atoms with Crippen molar-refractivity contribution in [1.82, 2.24) is 10.6 Å². The quantitative estimate of drug-likeness (QED) is 0.0604. The van der Waals surface area contributed by atoms with E-state index in [1.54, 1.807) is 60.7 Å². The van der Waals surface area contributed by atoms with Gasteiger partial charge in [0, 0.05) is 45.3 Å². The Morgan fingerprint density at radius 2 is 0.789 bits per heavy atom. The number of hydrogen-bond donors (Lipinski definition) is 3. The minimum Gasteiger partial charge on any atom is -0.475 e. The van der Waals surface area contributed by atoms with Gasteiger partial charge in [-0.25, -0.2) is 21.8 Å². The topological polar surface area (TPSA) is 161 Å². The zero-order valence-corrected chi connectivity index (χ0v) is 51.7. The van der Waals surface area contributed by atoms with E-state index < -0.39 is 160 Å². The second-order valence-corrected chi connectivity index (χ2v) is 24.4. The van der Waals surface area contributed by atoms with E-state index in [2.05, 4.69) is 32.0 Å². The summed E-state index contributed by atoms with van der Waals surface area (Å²) in [6.45, 7) is 5.12. The van der Waals surface area contributed by atoms with Gasteiger partial charge in [-0.1, -0.05) is 84.9 Å². The Labute approximate surface area is 543 Å². The van der Waals surface area contributed by atoms with Gasteiger partial charge in [0.25, 0.3) is 17.7 Å². The van der Waals surface area contributed by atoms with E-state index in [0.717, 1.165) is 84.9 Å². The predicted octanol–water partition coefficient (Wildman–Crippen LogP) is 17.2. The lowest BCUT2D eigenvalue weighted by molar-refractivity contribution is -0.138. The number of hydrogen-bond acceptors (Lipinski definition) is 7. The number of halogens is 18. The lowest BCUT2D eigenvalue weighted by Gasteiger charge is -2.37. The van der Waals surface area contributed by atoms with Gasteiger partial charge in [0.1, 0.15) is 17.7 Å². The fourth-order valence-corrected chi connectivity index (χ4v) is 9.44. The molecule has 0 aliphatic rings. The summed E-state index contributed by atoms with van der Waals surface area (Å²) < 4.78 is 245. The van der Waals surface area contributed by atoms with Crippen LogP contribution in [0.5, 0.6) is 11.5 Å². The van der Waals surface area contributed by atoms with Crippen molar-refractivity contribution in [3.63, 3.8) is 0 Å². The molecule has 0 fully saturated rings. The van der Waals surface area contributed by atoms with E-state index in [0.29, 0.717) is 35.4 Å². The third kappa shape index (κ3) is 19.7. The highest BCUT2D eigenvalue weighted by atomic mass is 36.0. The zero-order chi connectivity index (χ0) is 70.9. The predicted molar refractivity (Wildman–Crippen MR) is 319 cm³/mol. The summed E-state index contributed by atoms with van der Waals surface area (Å²) in [5, 5.41) is 14.5. The summed E-state index contributed by atoms with van der Waals surface area (Å²) in [4.78, 5) is 39.4. The van der Waals surface area contributed by atoms with Gasteiger partial charge in [0.05, 0.1) is 33.3 Å². The number of benzene rings is 8. The molecule has 0 aliphatic carbocycles. The van der Waals surface area contributed by atoms with Crippen LogP contribution in [0, 0.1) is 34.6 Å². The minimum absolute atomic E-state index is 0.115. The van der Waals surface area contributed by atoms with Crippen LogP contribution in [0.2, 0.25) is 0 Å². The Morgan fingerprint density at radius 1 is 0.453 bits per heavy atom. The largest absolute Gasteiger partial charge is 0.475 e. The molecule has 3 amide bonds. The number of ether oxygens (including phenoxy) is 2. The van der Waals surface area contributed by atoms with Crippen molar-refractivity contribution in [2.24, 2.45) is 5.73 Å². The molecule has 0 unspecified atom stereocenters. The fourth-order valence-electron chi connectivity index (χ4n) is 9.44. The van der Waals surface area contributed by atoms with Crippen LogP contribution in [0.25, 0.3) is 0 Å². The molecule has 0 bridgehead atoms. The Hall–Kier alpha value is -9.13. The summed E-state index contributed by atoms with van der Waals surface area (Å²) in [5.74, 6) is -9.09. The molecule has 2 atom stereocenters. The average Bonchev–Trinajstić information content (AvgIpc) is 0.756. The highest BCUT2D eigenvalue weighted by Gasteiger charge is 2.44. The van der Waals surface area contributed by atoms with Crippen LogP contribution in [0.15, 0.2) is 182 Å². The molecule has 0 spiro atoms. The van der Waals surface area contributed by atoms with Crippen molar-refractivity contribution < 1.29 is 98.3 Å². The molecule has 4 N–H and O–H groups in total. The summed E-state index contributed by atoms with van der Waals surface area (Å²) in [6, 6.07) is 33.4. The summed E-state index contributed by atoms with van der Waals surface area (Å²) in [6.07, 6.45) is -20.5. The number of carbonyl (C=O) groups excluding carboxylic acids is 3. The molecular weight excluding hydrogens is 1350 g/mol. The van der Waals surface area contributed by atoms with Gasteiger partial charge in [-0.05, 0) is 158 Å². The Morgan fingerprint density at radius 3 is 1.12 bits per heavy atom. The highest BCUT2D eigenvalue weighted by molar-refractivity contribution is 8.26. The number of nitriles is 1. The van der Waals surface area contributed by atoms with Crippen molar-refractivity contribution in [1.29, 1.82) is 5.26 Å². The average molecular weight is 1400 g/mol. The van der Waals surface area contributed by atoms with Crippen LogP contribution in [-0.2, 0) is 62.6 Å². The highest BCUT2D eigenvalue weighted by Crippen LogP contribution is 2.44. The number of nitrogens with zero attached hydrogens (tertiary/aromatic N) is 1. The lowest BCUT2D eigenvalue weighted by Crippen LogP contribution is -2.49. The first-order valence-electron chi connectivity index (χ1n) is 27.3. The van der Waals surface area contributed by atoms with Gasteiger partial charge in [-0.3, -0.25) is 14.4 Å². The second-order valence-electron chi connectivity index (χ2n) is 21.8. The molecule has 0 saturated heterocycles. The monoisotopic (exact) mass is 1400 g/mol. The molecule has 0 radical (unpaired) electrons. The molecule has 8 aromatic rings. The molecule has 95 heavy (non-hydrogen) atoms. The first-order chi connectivity index (χ1) is 44.0.